The van der Waals surface area contributed by atoms with Crippen molar-refractivity contribution in [1.29, 1.82) is 0 Å². The molecule has 1 amide bonds. The molecular weight excluding hydrogens is 439 g/mol. The lowest BCUT2D eigenvalue weighted by Gasteiger charge is -2.13. The maximum atomic E-state index is 13.6. The van der Waals surface area contributed by atoms with Gasteiger partial charge in [0.25, 0.3) is 0 Å². The van der Waals surface area contributed by atoms with Crippen molar-refractivity contribution in [3.63, 3.8) is 0 Å². The monoisotopic (exact) mass is 451 g/mol. The number of carbonyl (C=O) groups excluding carboxylic acids is 1. The van der Waals surface area contributed by atoms with E-state index in [1.807, 2.05) is 0 Å². The average Bonchev–Trinajstić information content (AvgIpc) is 2.66. The van der Waals surface area contributed by atoms with Gasteiger partial charge in [-0.1, -0.05) is 6.07 Å². The summed E-state index contributed by atoms with van der Waals surface area (Å²) in [6, 6.07) is 8.87. The van der Waals surface area contributed by atoms with Crippen LogP contribution in [-0.2, 0) is 11.2 Å². The number of hydrogen-bond donors (Lipinski definition) is 3. The third kappa shape index (κ3) is 4.39. The van der Waals surface area contributed by atoms with E-state index in [0.29, 0.717) is 15.7 Å². The molecule has 0 saturated heterocycles. The van der Waals surface area contributed by atoms with Crippen molar-refractivity contribution < 1.29 is 18.0 Å². The van der Waals surface area contributed by atoms with Crippen LogP contribution in [0.25, 0.3) is 11.3 Å². The van der Waals surface area contributed by atoms with E-state index >= 15 is 0 Å². The summed E-state index contributed by atoms with van der Waals surface area (Å²) in [6.45, 7) is 0. The zero-order chi connectivity index (χ0) is 20.3. The molecule has 1 aromatic heterocycles. The molecule has 0 spiro atoms. The fraction of sp³-hybridized carbons (Fsp3) is 0.0556. The van der Waals surface area contributed by atoms with Crippen molar-refractivity contribution in [2.45, 2.75) is 6.42 Å². The molecule has 0 fully saturated rings. The van der Waals surface area contributed by atoms with Crippen LogP contribution in [0.1, 0.15) is 5.56 Å². The average molecular weight is 452 g/mol. The first kappa shape index (κ1) is 19.6. The highest BCUT2D eigenvalue weighted by Gasteiger charge is 2.16. The van der Waals surface area contributed by atoms with Crippen molar-refractivity contribution in [2.24, 2.45) is 0 Å². The number of halogens is 4. The smallest absolute Gasteiger partial charge is 0.242 e. The van der Waals surface area contributed by atoms with Gasteiger partial charge in [-0.2, -0.15) is 4.98 Å². The van der Waals surface area contributed by atoms with Crippen LogP contribution in [0.3, 0.4) is 0 Å². The first-order valence-corrected chi connectivity index (χ1v) is 8.71. The second-order valence-corrected chi connectivity index (χ2v) is 6.44. The second-order valence-electron chi connectivity index (χ2n) is 5.65. The van der Waals surface area contributed by atoms with E-state index in [-0.39, 0.29) is 17.3 Å². The van der Waals surface area contributed by atoms with Gasteiger partial charge in [0.2, 0.25) is 11.9 Å². The van der Waals surface area contributed by atoms with E-state index in [2.05, 4.69) is 36.7 Å². The van der Waals surface area contributed by atoms with Gasteiger partial charge in [0.1, 0.15) is 17.5 Å². The molecule has 0 unspecified atom stereocenters. The molecule has 0 atom stereocenters. The van der Waals surface area contributed by atoms with Crippen LogP contribution < -0.4 is 16.6 Å². The fourth-order valence-electron chi connectivity index (χ4n) is 2.38. The molecule has 6 nitrogen and oxygen atoms in total. The Bertz CT molecular complexity index is 1010. The number of carbonyl (C=O) groups is 1. The number of aromatic nitrogens is 2. The third-order valence-electron chi connectivity index (χ3n) is 3.71. The number of nitrogen functional groups attached to an aromatic ring is 1. The van der Waals surface area contributed by atoms with Crippen molar-refractivity contribution in [3.05, 3.63) is 70.0 Å². The Balaban J connectivity index is 1.77. The molecule has 0 bridgehead atoms. The van der Waals surface area contributed by atoms with Crippen LogP contribution in [0.15, 0.2) is 46.9 Å². The van der Waals surface area contributed by atoms with E-state index in [9.17, 15) is 18.0 Å². The predicted molar refractivity (Wildman–Crippen MR) is 101 cm³/mol. The molecule has 4 N–H and O–H groups in total. The Hall–Kier alpha value is -3.14. The van der Waals surface area contributed by atoms with Gasteiger partial charge in [-0.3, -0.25) is 15.6 Å². The lowest BCUT2D eigenvalue weighted by molar-refractivity contribution is -0.120. The van der Waals surface area contributed by atoms with Gasteiger partial charge in [0.05, 0.1) is 16.6 Å². The number of benzene rings is 2. The Kier molecular flexibility index (Phi) is 5.78. The molecule has 10 heteroatoms. The summed E-state index contributed by atoms with van der Waals surface area (Å²) < 4.78 is 40.8. The summed E-state index contributed by atoms with van der Waals surface area (Å²) in [6.07, 6.45) is -0.519. The summed E-state index contributed by atoms with van der Waals surface area (Å²) in [5, 5.41) is 0. The van der Waals surface area contributed by atoms with Crippen molar-refractivity contribution in [1.82, 2.24) is 15.4 Å². The second kappa shape index (κ2) is 8.26. The SMILES string of the molecule is Nc1nc(NNC(=O)Cc2c(F)cccc2F)c(Br)c(-c2ccc(F)cc2)n1. The summed E-state index contributed by atoms with van der Waals surface area (Å²) >= 11 is 3.30. The molecule has 3 rings (SSSR count). The molecule has 2 aromatic carbocycles. The lowest BCUT2D eigenvalue weighted by atomic mass is 10.1. The first-order chi connectivity index (χ1) is 13.3. The van der Waals surface area contributed by atoms with Crippen molar-refractivity contribution in [2.75, 3.05) is 11.2 Å². The zero-order valence-electron chi connectivity index (χ0n) is 14.1. The Morgan fingerprint density at radius 2 is 1.68 bits per heavy atom. The van der Waals surface area contributed by atoms with Crippen LogP contribution in [0, 0.1) is 17.5 Å². The summed E-state index contributed by atoms with van der Waals surface area (Å²) in [7, 11) is 0. The largest absolute Gasteiger partial charge is 0.368 e. The van der Waals surface area contributed by atoms with Crippen LogP contribution in [0.5, 0.6) is 0 Å². The maximum absolute atomic E-state index is 13.6. The number of anilines is 2. The fourth-order valence-corrected chi connectivity index (χ4v) is 2.89. The van der Waals surface area contributed by atoms with E-state index in [1.165, 1.54) is 30.3 Å². The Labute approximate surface area is 166 Å². The van der Waals surface area contributed by atoms with Gasteiger partial charge >= 0.3 is 0 Å². The minimum Gasteiger partial charge on any atom is -0.368 e. The van der Waals surface area contributed by atoms with E-state index in [4.69, 9.17) is 5.73 Å². The molecule has 0 aliphatic rings. The number of hydrogen-bond acceptors (Lipinski definition) is 5. The van der Waals surface area contributed by atoms with E-state index in [0.717, 1.165) is 12.1 Å². The summed E-state index contributed by atoms with van der Waals surface area (Å²) in [5.41, 5.74) is 11.1. The number of rotatable bonds is 5. The first-order valence-electron chi connectivity index (χ1n) is 7.92. The van der Waals surface area contributed by atoms with Crippen molar-refractivity contribution >= 4 is 33.6 Å². The number of nitrogens with two attached hydrogens (primary N) is 1. The molecule has 144 valence electrons. The highest BCUT2D eigenvalue weighted by atomic mass is 79.9. The molecule has 0 radical (unpaired) electrons. The highest BCUT2D eigenvalue weighted by Crippen LogP contribution is 2.32. The van der Waals surface area contributed by atoms with Crippen LogP contribution in [-0.4, -0.2) is 15.9 Å². The quantitative estimate of drug-likeness (QED) is 0.515. The molecule has 0 aliphatic heterocycles. The van der Waals surface area contributed by atoms with Gasteiger partial charge in [-0.15, -0.1) is 0 Å². The normalized spacial score (nSPS) is 10.6. The molecule has 28 heavy (non-hydrogen) atoms. The zero-order valence-corrected chi connectivity index (χ0v) is 15.7. The topological polar surface area (TPSA) is 92.9 Å². The molecule has 0 saturated carbocycles. The number of nitrogens with one attached hydrogen (secondary N) is 2. The van der Waals surface area contributed by atoms with Gasteiger partial charge in [0, 0.05) is 11.1 Å². The standard InChI is InChI=1S/C18H13BrF3N5O/c19-15-16(9-4-6-10(20)7-5-9)24-18(23)25-17(15)27-26-14(28)8-11-12(21)2-1-3-13(11)22/h1-7H,8H2,(H,26,28)(H3,23,24,25,27). The van der Waals surface area contributed by atoms with Crippen LogP contribution >= 0.6 is 15.9 Å². The number of amides is 1. The van der Waals surface area contributed by atoms with Crippen LogP contribution in [0.2, 0.25) is 0 Å². The maximum Gasteiger partial charge on any atom is 0.242 e. The molecule has 3 aromatic rings. The predicted octanol–water partition coefficient (Wildman–Crippen LogP) is 3.59. The minimum atomic E-state index is -0.818. The molecule has 0 aliphatic carbocycles. The summed E-state index contributed by atoms with van der Waals surface area (Å²) in [5.74, 6) is -2.72. The molecule has 1 heterocycles. The van der Waals surface area contributed by atoms with Gasteiger partial charge in [-0.25, -0.2) is 18.2 Å². The van der Waals surface area contributed by atoms with E-state index in [1.54, 1.807) is 0 Å². The van der Waals surface area contributed by atoms with Crippen LogP contribution in [0.4, 0.5) is 24.9 Å². The third-order valence-corrected chi connectivity index (χ3v) is 4.46. The van der Waals surface area contributed by atoms with Gasteiger partial charge in [0.15, 0.2) is 5.82 Å². The highest BCUT2D eigenvalue weighted by molar-refractivity contribution is 9.10. The lowest BCUT2D eigenvalue weighted by Crippen LogP contribution is -2.32. The summed E-state index contributed by atoms with van der Waals surface area (Å²) in [4.78, 5) is 20.1. The number of hydrazine groups is 1. The minimum absolute atomic E-state index is 0.0978. The Morgan fingerprint density at radius 1 is 1.04 bits per heavy atom. The Morgan fingerprint density at radius 3 is 2.32 bits per heavy atom. The van der Waals surface area contributed by atoms with Gasteiger partial charge < -0.3 is 5.73 Å². The number of nitrogens with zero attached hydrogens (tertiary/aromatic N) is 2. The molecular formula is C18H13BrF3N5O. The van der Waals surface area contributed by atoms with Gasteiger partial charge in [-0.05, 0) is 52.3 Å². The van der Waals surface area contributed by atoms with Crippen molar-refractivity contribution in [3.8, 4) is 11.3 Å². The van der Waals surface area contributed by atoms with E-state index < -0.39 is 29.8 Å².